The second kappa shape index (κ2) is 24.0. The largest absolute Gasteiger partial charge is 0.463 e. The summed E-state index contributed by atoms with van der Waals surface area (Å²) in [5.41, 5.74) is 0. The molecule has 0 aromatic heterocycles. The molecule has 0 N–H and O–H groups in total. The Bertz CT molecular complexity index is 527. The van der Waals surface area contributed by atoms with Crippen LogP contribution >= 0.6 is 0 Å². The van der Waals surface area contributed by atoms with E-state index in [1.807, 2.05) is 13.8 Å². The number of unbranched alkanes of at least 4 members (excludes halogenated alkanes) is 10. The third-order valence-corrected chi connectivity index (χ3v) is 4.63. The molecule has 200 valence electrons. The van der Waals surface area contributed by atoms with Gasteiger partial charge in [-0.1, -0.05) is 71.1 Å². The first-order valence-electron chi connectivity index (χ1n) is 12.7. The molecule has 0 bridgehead atoms. The lowest BCUT2D eigenvalue weighted by Gasteiger charge is -2.15. The molecule has 8 nitrogen and oxygen atoms in total. The van der Waals surface area contributed by atoms with Gasteiger partial charge in [0.1, 0.15) is 13.2 Å². The van der Waals surface area contributed by atoms with Crippen molar-refractivity contribution in [2.24, 2.45) is 0 Å². The minimum atomic E-state index is -0.754. The van der Waals surface area contributed by atoms with Crippen molar-refractivity contribution in [1.29, 1.82) is 0 Å². The minimum absolute atomic E-state index is 0.0280. The molecule has 8 heteroatoms. The van der Waals surface area contributed by atoms with Crippen molar-refractivity contribution in [2.75, 3.05) is 13.2 Å². The lowest BCUT2D eigenvalue weighted by Crippen LogP contribution is -2.29. The summed E-state index contributed by atoms with van der Waals surface area (Å²) in [7, 11) is 0. The van der Waals surface area contributed by atoms with Gasteiger partial charge in [-0.2, -0.15) is 0 Å². The summed E-state index contributed by atoms with van der Waals surface area (Å²) < 4.78 is 19.1. The highest BCUT2D eigenvalue weighted by molar-refractivity contribution is 5.69. The van der Waals surface area contributed by atoms with Crippen molar-refractivity contribution in [3.63, 3.8) is 0 Å². The van der Waals surface area contributed by atoms with E-state index in [1.165, 1.54) is 85.0 Å². The molecule has 0 aromatic rings. The predicted octanol–water partition coefficient (Wildman–Crippen LogP) is 5.68. The molecule has 0 spiro atoms. The van der Waals surface area contributed by atoms with Crippen LogP contribution in [0.5, 0.6) is 0 Å². The molecule has 0 saturated carbocycles. The normalized spacial score (nSPS) is 10.4. The second-order valence-corrected chi connectivity index (χ2v) is 8.66. The van der Waals surface area contributed by atoms with Gasteiger partial charge in [-0.05, 0) is 20.3 Å². The third-order valence-electron chi connectivity index (χ3n) is 4.63. The second-order valence-electron chi connectivity index (χ2n) is 8.66. The molecule has 0 aliphatic heterocycles. The van der Waals surface area contributed by atoms with Crippen LogP contribution in [0.15, 0.2) is 0 Å². The number of carbonyl (C=O) groups is 4. The number of ether oxygens (including phenoxy) is 4. The maximum absolute atomic E-state index is 11.3. The SMILES string of the molecule is CC(=O)OCC(COC(C)=O)OC(C)=O.CCCCCCCCCCCCCC(=O)OC(C)C. The Kier molecular flexibility index (Phi) is 24.1. The Balaban J connectivity index is 0. The first-order valence-corrected chi connectivity index (χ1v) is 12.7. The Morgan fingerprint density at radius 1 is 0.588 bits per heavy atom. The zero-order valence-corrected chi connectivity index (χ0v) is 22.3. The minimum Gasteiger partial charge on any atom is -0.463 e. The number of hydrogen-bond acceptors (Lipinski definition) is 8. The number of esters is 4. The Morgan fingerprint density at radius 2 is 1.00 bits per heavy atom. The van der Waals surface area contributed by atoms with E-state index in [1.54, 1.807) is 0 Å². The van der Waals surface area contributed by atoms with Gasteiger partial charge in [0.2, 0.25) is 0 Å². The van der Waals surface area contributed by atoms with Crippen molar-refractivity contribution >= 4 is 23.9 Å². The Morgan fingerprint density at radius 3 is 1.35 bits per heavy atom. The number of carbonyl (C=O) groups excluding carboxylic acids is 4. The summed E-state index contributed by atoms with van der Waals surface area (Å²) in [5.74, 6) is -1.55. The maximum Gasteiger partial charge on any atom is 0.306 e. The van der Waals surface area contributed by atoms with Crippen molar-refractivity contribution in [2.45, 2.75) is 131 Å². The molecule has 0 rings (SSSR count). The van der Waals surface area contributed by atoms with Gasteiger partial charge in [-0.3, -0.25) is 19.2 Å². The van der Waals surface area contributed by atoms with Crippen LogP contribution in [-0.4, -0.2) is 49.3 Å². The van der Waals surface area contributed by atoms with Crippen LogP contribution < -0.4 is 0 Å². The smallest absolute Gasteiger partial charge is 0.306 e. The van der Waals surface area contributed by atoms with Gasteiger partial charge in [0.05, 0.1) is 6.10 Å². The molecule has 0 aromatic carbocycles. The van der Waals surface area contributed by atoms with Crippen molar-refractivity contribution in [3.8, 4) is 0 Å². The summed E-state index contributed by atoms with van der Waals surface area (Å²) in [6, 6.07) is 0. The van der Waals surface area contributed by atoms with Crippen LogP contribution in [0.25, 0.3) is 0 Å². The van der Waals surface area contributed by atoms with E-state index >= 15 is 0 Å². The summed E-state index contributed by atoms with van der Waals surface area (Å²) in [6.45, 7) is 9.50. The molecule has 0 aliphatic carbocycles. The zero-order valence-electron chi connectivity index (χ0n) is 22.3. The standard InChI is InChI=1S/C17H34O2.C9H14O6/c1-4-5-6-7-8-9-10-11-12-13-14-15-17(18)19-16(2)3;1-6(10)13-4-9(15-8(3)12)5-14-7(2)11/h16H,4-15H2,1-3H3;9H,4-5H2,1-3H3. The van der Waals surface area contributed by atoms with Crippen LogP contribution in [-0.2, 0) is 38.1 Å². The number of rotatable bonds is 18. The summed E-state index contributed by atoms with van der Waals surface area (Å²) in [4.78, 5) is 42.9. The summed E-state index contributed by atoms with van der Waals surface area (Å²) in [6.07, 6.45) is 14.3. The van der Waals surface area contributed by atoms with Gasteiger partial charge in [-0.25, -0.2) is 0 Å². The van der Waals surface area contributed by atoms with E-state index in [2.05, 4.69) is 16.4 Å². The first kappa shape index (κ1) is 34.0. The van der Waals surface area contributed by atoms with E-state index in [0.717, 1.165) is 6.42 Å². The molecule has 0 radical (unpaired) electrons. The van der Waals surface area contributed by atoms with Gasteiger partial charge in [0, 0.05) is 27.2 Å². The molecule has 0 unspecified atom stereocenters. The van der Waals surface area contributed by atoms with Gasteiger partial charge in [0.15, 0.2) is 6.10 Å². The van der Waals surface area contributed by atoms with Gasteiger partial charge < -0.3 is 18.9 Å². The van der Waals surface area contributed by atoms with Crippen LogP contribution in [0.4, 0.5) is 0 Å². The predicted molar refractivity (Wildman–Crippen MR) is 131 cm³/mol. The van der Waals surface area contributed by atoms with E-state index in [-0.39, 0.29) is 25.3 Å². The molecule has 0 heterocycles. The molecule has 34 heavy (non-hydrogen) atoms. The molecule has 0 fully saturated rings. The van der Waals surface area contributed by atoms with E-state index in [4.69, 9.17) is 9.47 Å². The molecule has 0 amide bonds. The van der Waals surface area contributed by atoms with Crippen LogP contribution in [0, 0.1) is 0 Å². The fourth-order valence-electron chi connectivity index (χ4n) is 3.03. The highest BCUT2D eigenvalue weighted by Crippen LogP contribution is 2.12. The highest BCUT2D eigenvalue weighted by atomic mass is 16.6. The lowest BCUT2D eigenvalue weighted by molar-refractivity contribution is -0.163. The average Bonchev–Trinajstić information content (AvgIpc) is 2.73. The monoisotopic (exact) mass is 488 g/mol. The van der Waals surface area contributed by atoms with Gasteiger partial charge in [-0.15, -0.1) is 0 Å². The quantitative estimate of drug-likeness (QED) is 0.138. The average molecular weight is 489 g/mol. The number of hydrogen-bond donors (Lipinski definition) is 0. The first-order chi connectivity index (χ1) is 16.1. The molecule has 0 aliphatic rings. The molecule has 0 saturated heterocycles. The molecular formula is C26H48O8. The lowest BCUT2D eigenvalue weighted by atomic mass is 10.1. The Labute approximate surface area is 206 Å². The fourth-order valence-corrected chi connectivity index (χ4v) is 3.03. The van der Waals surface area contributed by atoms with Crippen LogP contribution in [0.2, 0.25) is 0 Å². The fraction of sp³-hybridized carbons (Fsp3) is 0.846. The maximum atomic E-state index is 11.3. The molecular weight excluding hydrogens is 440 g/mol. The van der Waals surface area contributed by atoms with E-state index in [9.17, 15) is 19.2 Å². The third kappa shape index (κ3) is 29.9. The zero-order chi connectivity index (χ0) is 26.2. The van der Waals surface area contributed by atoms with Gasteiger partial charge >= 0.3 is 23.9 Å². The van der Waals surface area contributed by atoms with Crippen LogP contribution in [0.1, 0.15) is 119 Å². The van der Waals surface area contributed by atoms with Crippen molar-refractivity contribution in [1.82, 2.24) is 0 Å². The summed E-state index contributed by atoms with van der Waals surface area (Å²) in [5, 5.41) is 0. The Hall–Kier alpha value is -2.12. The molecule has 0 atom stereocenters. The van der Waals surface area contributed by atoms with E-state index in [0.29, 0.717) is 6.42 Å². The van der Waals surface area contributed by atoms with Crippen LogP contribution in [0.3, 0.4) is 0 Å². The van der Waals surface area contributed by atoms with E-state index < -0.39 is 24.0 Å². The van der Waals surface area contributed by atoms with Crippen molar-refractivity contribution < 1.29 is 38.1 Å². The van der Waals surface area contributed by atoms with Crippen molar-refractivity contribution in [3.05, 3.63) is 0 Å². The van der Waals surface area contributed by atoms with Gasteiger partial charge in [0.25, 0.3) is 0 Å². The topological polar surface area (TPSA) is 105 Å². The highest BCUT2D eigenvalue weighted by Gasteiger charge is 2.15. The summed E-state index contributed by atoms with van der Waals surface area (Å²) >= 11 is 0.